The molecular formula is C25H28Cl2N2O4. The van der Waals surface area contributed by atoms with Crippen LogP contribution in [-0.2, 0) is 29.2 Å². The molecule has 6 nitrogen and oxygen atoms in total. The number of hydrogen-bond acceptors (Lipinski definition) is 5. The summed E-state index contributed by atoms with van der Waals surface area (Å²) in [5.74, 6) is 1.06. The first-order valence-corrected chi connectivity index (χ1v) is 11.4. The van der Waals surface area contributed by atoms with Gasteiger partial charge in [-0.25, -0.2) is 0 Å². The average Bonchev–Trinajstić information content (AvgIpc) is 3.07. The first-order valence-electron chi connectivity index (χ1n) is 10.6. The van der Waals surface area contributed by atoms with E-state index in [2.05, 4.69) is 0 Å². The van der Waals surface area contributed by atoms with E-state index < -0.39 is 0 Å². The smallest absolute Gasteiger partial charge is 0.320 e. The van der Waals surface area contributed by atoms with Gasteiger partial charge in [0.1, 0.15) is 16.7 Å². The van der Waals surface area contributed by atoms with Crippen molar-refractivity contribution in [2.24, 2.45) is 0 Å². The fraction of sp³-hybridized carbons (Fsp3) is 0.320. The maximum absolute atomic E-state index is 12.3. The summed E-state index contributed by atoms with van der Waals surface area (Å²) in [6, 6.07) is 15.6. The van der Waals surface area contributed by atoms with Crippen LogP contribution in [0, 0.1) is 0 Å². The molecule has 0 spiro atoms. The highest BCUT2D eigenvalue weighted by atomic mass is 35.5. The number of carbonyl (C=O) groups excluding carboxylic acids is 1. The lowest BCUT2D eigenvalue weighted by Gasteiger charge is -2.22. The Morgan fingerprint density at radius 2 is 1.73 bits per heavy atom. The van der Waals surface area contributed by atoms with Gasteiger partial charge in [-0.05, 0) is 18.6 Å². The molecule has 0 fully saturated rings. The Morgan fingerprint density at radius 3 is 2.39 bits per heavy atom. The number of methoxy groups -OCH3 is 2. The van der Waals surface area contributed by atoms with Crippen molar-refractivity contribution in [3.8, 4) is 11.5 Å². The van der Waals surface area contributed by atoms with Crippen LogP contribution in [0.25, 0.3) is 0 Å². The van der Waals surface area contributed by atoms with Crippen molar-refractivity contribution in [1.29, 1.82) is 0 Å². The van der Waals surface area contributed by atoms with Gasteiger partial charge in [0.2, 0.25) is 0 Å². The fourth-order valence-electron chi connectivity index (χ4n) is 3.59. The van der Waals surface area contributed by atoms with E-state index in [1.807, 2.05) is 64.2 Å². The first kappa shape index (κ1) is 25.0. The van der Waals surface area contributed by atoms with Crippen molar-refractivity contribution >= 4 is 29.2 Å². The molecule has 33 heavy (non-hydrogen) atoms. The van der Waals surface area contributed by atoms with Gasteiger partial charge in [-0.3, -0.25) is 9.69 Å². The van der Waals surface area contributed by atoms with Crippen molar-refractivity contribution in [3.63, 3.8) is 0 Å². The SMILES string of the molecule is CCOC(=O)CN(Cc1ccc(OC)cc1OC)Cc1cn(Cc2ccccc2)c(Cl)c1Cl. The summed E-state index contributed by atoms with van der Waals surface area (Å²) < 4.78 is 17.9. The normalized spacial score (nSPS) is 11.0. The second kappa shape index (κ2) is 12.0. The van der Waals surface area contributed by atoms with Crippen LogP contribution in [0.3, 0.4) is 0 Å². The number of benzene rings is 2. The van der Waals surface area contributed by atoms with Gasteiger partial charge in [0.15, 0.2) is 0 Å². The number of hydrogen-bond donors (Lipinski definition) is 0. The summed E-state index contributed by atoms with van der Waals surface area (Å²) in [6.07, 6.45) is 1.93. The summed E-state index contributed by atoms with van der Waals surface area (Å²) in [7, 11) is 3.21. The Labute approximate surface area is 204 Å². The number of aromatic nitrogens is 1. The highest BCUT2D eigenvalue weighted by molar-refractivity contribution is 6.42. The Balaban J connectivity index is 1.85. The van der Waals surface area contributed by atoms with Crippen molar-refractivity contribution in [2.45, 2.75) is 26.6 Å². The van der Waals surface area contributed by atoms with E-state index >= 15 is 0 Å². The minimum atomic E-state index is -0.309. The molecule has 0 aliphatic rings. The molecule has 0 saturated heterocycles. The summed E-state index contributed by atoms with van der Waals surface area (Å²) >= 11 is 13.1. The van der Waals surface area contributed by atoms with Gasteiger partial charge in [0, 0.05) is 43.0 Å². The van der Waals surface area contributed by atoms with Crippen LogP contribution in [-0.4, -0.2) is 42.8 Å². The van der Waals surface area contributed by atoms with E-state index in [1.165, 1.54) is 0 Å². The van der Waals surface area contributed by atoms with Gasteiger partial charge in [-0.1, -0.05) is 59.6 Å². The van der Waals surface area contributed by atoms with Gasteiger partial charge < -0.3 is 18.8 Å². The number of rotatable bonds is 11. The third-order valence-electron chi connectivity index (χ3n) is 5.16. The molecule has 0 amide bonds. The Bertz CT molecular complexity index is 1070. The van der Waals surface area contributed by atoms with E-state index in [1.54, 1.807) is 21.1 Å². The molecule has 0 N–H and O–H groups in total. The lowest BCUT2D eigenvalue weighted by Crippen LogP contribution is -2.30. The van der Waals surface area contributed by atoms with Crippen molar-refractivity contribution in [2.75, 3.05) is 27.4 Å². The van der Waals surface area contributed by atoms with E-state index in [9.17, 15) is 4.79 Å². The predicted octanol–water partition coefficient (Wildman–Crippen LogP) is 5.43. The van der Waals surface area contributed by atoms with E-state index in [0.717, 1.165) is 16.7 Å². The van der Waals surface area contributed by atoms with Crippen molar-refractivity contribution < 1.29 is 19.0 Å². The molecule has 0 saturated carbocycles. The lowest BCUT2D eigenvalue weighted by molar-refractivity contribution is -0.144. The molecule has 176 valence electrons. The summed E-state index contributed by atoms with van der Waals surface area (Å²) in [4.78, 5) is 14.3. The highest BCUT2D eigenvalue weighted by Gasteiger charge is 2.20. The molecule has 1 aromatic heterocycles. The average molecular weight is 491 g/mol. The van der Waals surface area contributed by atoms with Gasteiger partial charge in [-0.2, -0.15) is 0 Å². The molecule has 0 aliphatic carbocycles. The molecule has 0 radical (unpaired) electrons. The second-order valence-electron chi connectivity index (χ2n) is 7.50. The Hall–Kier alpha value is -2.67. The molecule has 3 aromatic rings. The number of nitrogens with zero attached hydrogens (tertiary/aromatic N) is 2. The molecular weight excluding hydrogens is 463 g/mol. The maximum Gasteiger partial charge on any atom is 0.320 e. The highest BCUT2D eigenvalue weighted by Crippen LogP contribution is 2.31. The molecule has 1 heterocycles. The van der Waals surface area contributed by atoms with Crippen LogP contribution in [0.1, 0.15) is 23.6 Å². The van der Waals surface area contributed by atoms with Gasteiger partial charge >= 0.3 is 5.97 Å². The largest absolute Gasteiger partial charge is 0.497 e. The molecule has 0 unspecified atom stereocenters. The zero-order valence-corrected chi connectivity index (χ0v) is 20.5. The van der Waals surface area contributed by atoms with E-state index in [-0.39, 0.29) is 12.5 Å². The monoisotopic (exact) mass is 490 g/mol. The number of esters is 1. The summed E-state index contributed by atoms with van der Waals surface area (Å²) in [5, 5.41) is 0.941. The number of halogens is 2. The molecule has 2 aromatic carbocycles. The van der Waals surface area contributed by atoms with E-state index in [0.29, 0.717) is 47.9 Å². The van der Waals surface area contributed by atoms with Crippen molar-refractivity contribution in [1.82, 2.24) is 9.47 Å². The lowest BCUT2D eigenvalue weighted by atomic mass is 10.1. The van der Waals surface area contributed by atoms with Crippen LogP contribution in [0.5, 0.6) is 11.5 Å². The number of ether oxygens (including phenoxy) is 3. The molecule has 3 rings (SSSR count). The summed E-state index contributed by atoms with van der Waals surface area (Å²) in [6.45, 7) is 3.66. The molecule has 0 atom stereocenters. The minimum absolute atomic E-state index is 0.0981. The van der Waals surface area contributed by atoms with E-state index in [4.69, 9.17) is 37.4 Å². The predicted molar refractivity (Wildman–Crippen MR) is 130 cm³/mol. The standard InChI is InChI=1S/C25H28Cl2N2O4/c1-4-33-23(30)17-28(14-19-10-11-21(31-2)12-22(19)32-3)15-20-16-29(25(27)24(20)26)13-18-8-6-5-7-9-18/h5-12,16H,4,13-15,17H2,1-3H3. The number of carbonyl (C=O) groups is 1. The van der Waals surface area contributed by atoms with Crippen LogP contribution >= 0.6 is 23.2 Å². The topological polar surface area (TPSA) is 52.9 Å². The Morgan fingerprint density at radius 1 is 1.00 bits per heavy atom. The van der Waals surface area contributed by atoms with Crippen LogP contribution in [0.2, 0.25) is 10.2 Å². The third-order valence-corrected chi connectivity index (χ3v) is 6.09. The summed E-state index contributed by atoms with van der Waals surface area (Å²) in [5.41, 5.74) is 2.85. The van der Waals surface area contributed by atoms with Crippen LogP contribution in [0.4, 0.5) is 0 Å². The van der Waals surface area contributed by atoms with Crippen LogP contribution in [0.15, 0.2) is 54.7 Å². The van der Waals surface area contributed by atoms with Gasteiger partial charge in [0.25, 0.3) is 0 Å². The first-order chi connectivity index (χ1) is 15.9. The second-order valence-corrected chi connectivity index (χ2v) is 8.24. The molecule has 8 heteroatoms. The van der Waals surface area contributed by atoms with Gasteiger partial charge in [0.05, 0.1) is 32.4 Å². The zero-order valence-electron chi connectivity index (χ0n) is 19.0. The van der Waals surface area contributed by atoms with Crippen LogP contribution < -0.4 is 9.47 Å². The quantitative estimate of drug-likeness (QED) is 0.335. The fourth-order valence-corrected chi connectivity index (χ4v) is 4.03. The minimum Gasteiger partial charge on any atom is -0.497 e. The third kappa shape index (κ3) is 6.67. The van der Waals surface area contributed by atoms with Gasteiger partial charge in [-0.15, -0.1) is 0 Å². The molecule has 0 bridgehead atoms. The maximum atomic E-state index is 12.3. The zero-order chi connectivity index (χ0) is 23.8. The molecule has 0 aliphatic heterocycles. The van der Waals surface area contributed by atoms with Crippen molar-refractivity contribution in [3.05, 3.63) is 81.6 Å². The Kier molecular flexibility index (Phi) is 9.06.